The van der Waals surface area contributed by atoms with E-state index in [2.05, 4.69) is 54.8 Å². The minimum Gasteiger partial charge on any atom is -0.490 e. The number of aliphatic hydroxyl groups is 2. The zero-order valence-corrected chi connectivity index (χ0v) is 23.0. The molecule has 0 fully saturated rings. The summed E-state index contributed by atoms with van der Waals surface area (Å²) in [6.07, 6.45) is 0.713. The normalized spacial score (nSPS) is 12.1. The van der Waals surface area contributed by atoms with Crippen molar-refractivity contribution in [3.05, 3.63) is 52.6 Å². The Kier molecular flexibility index (Phi) is 10.8. The van der Waals surface area contributed by atoms with Crippen LogP contribution in [0.2, 0.25) is 0 Å². The van der Waals surface area contributed by atoms with Gasteiger partial charge in [0.15, 0.2) is 0 Å². The summed E-state index contributed by atoms with van der Waals surface area (Å²) >= 11 is 0. The molecule has 9 nitrogen and oxygen atoms in total. The molecule has 2 aromatic carbocycles. The minimum atomic E-state index is -0.904. The van der Waals surface area contributed by atoms with Crippen molar-refractivity contribution in [1.29, 1.82) is 0 Å². The van der Waals surface area contributed by atoms with E-state index in [9.17, 15) is 9.90 Å². The first-order valence-electron chi connectivity index (χ1n) is 13.2. The average molecular weight is 525 g/mol. The van der Waals surface area contributed by atoms with Gasteiger partial charge in [-0.1, -0.05) is 38.9 Å². The monoisotopic (exact) mass is 524 g/mol. The summed E-state index contributed by atoms with van der Waals surface area (Å²) in [6.45, 7) is 11.6. The third-order valence-corrected chi connectivity index (χ3v) is 6.10. The summed E-state index contributed by atoms with van der Waals surface area (Å²) in [7, 11) is 0. The maximum Gasteiger partial charge on any atom is 0.258 e. The summed E-state index contributed by atoms with van der Waals surface area (Å²) in [5.41, 5.74) is 5.95. The van der Waals surface area contributed by atoms with E-state index in [1.807, 2.05) is 26.0 Å². The summed E-state index contributed by atoms with van der Waals surface area (Å²) in [6, 6.07) is 10.3. The lowest BCUT2D eigenvalue weighted by Crippen LogP contribution is -2.36. The Balaban J connectivity index is 1.78. The molecule has 0 radical (unpaired) electrons. The molecule has 3 rings (SSSR count). The second-order valence-corrected chi connectivity index (χ2v) is 9.90. The van der Waals surface area contributed by atoms with E-state index in [0.717, 1.165) is 41.8 Å². The topological polar surface area (TPSA) is 130 Å². The molecule has 1 unspecified atom stereocenters. The molecule has 0 spiro atoms. The van der Waals surface area contributed by atoms with Crippen molar-refractivity contribution in [1.82, 2.24) is 20.8 Å². The molecule has 38 heavy (non-hydrogen) atoms. The van der Waals surface area contributed by atoms with Crippen LogP contribution in [0.25, 0.3) is 22.8 Å². The van der Waals surface area contributed by atoms with Gasteiger partial charge in [0.25, 0.3) is 5.89 Å². The molecular formula is C29H40N4O5. The number of carbonyl (C=O) groups excluding carboxylic acids is 1. The largest absolute Gasteiger partial charge is 0.490 e. The van der Waals surface area contributed by atoms with E-state index in [0.29, 0.717) is 29.8 Å². The number of ether oxygens (including phenoxy) is 1. The van der Waals surface area contributed by atoms with Gasteiger partial charge in [-0.25, -0.2) is 0 Å². The quantitative estimate of drug-likeness (QED) is 0.252. The Morgan fingerprint density at radius 2 is 1.82 bits per heavy atom. The number of amides is 1. The number of rotatable bonds is 14. The summed E-state index contributed by atoms with van der Waals surface area (Å²) in [5.74, 6) is 1.70. The molecule has 0 bridgehead atoms. The van der Waals surface area contributed by atoms with Gasteiger partial charge >= 0.3 is 0 Å². The molecule has 3 aromatic rings. The second-order valence-electron chi connectivity index (χ2n) is 9.90. The molecule has 1 amide bonds. The molecule has 1 atom stereocenters. The number of nitrogens with one attached hydrogen (secondary N) is 2. The van der Waals surface area contributed by atoms with Gasteiger partial charge in [-0.2, -0.15) is 4.98 Å². The van der Waals surface area contributed by atoms with Crippen LogP contribution < -0.4 is 15.4 Å². The highest BCUT2D eigenvalue weighted by Crippen LogP contribution is 2.31. The number of aryl methyl sites for hydroxylation is 3. The first kappa shape index (κ1) is 29.3. The van der Waals surface area contributed by atoms with E-state index in [4.69, 9.17) is 19.4 Å². The molecule has 206 valence electrons. The molecular weight excluding hydrogens is 484 g/mol. The summed E-state index contributed by atoms with van der Waals surface area (Å²) in [5, 5.41) is 29.1. The van der Waals surface area contributed by atoms with Crippen molar-refractivity contribution in [3.63, 3.8) is 0 Å². The lowest BCUT2D eigenvalue weighted by Gasteiger charge is -2.17. The van der Waals surface area contributed by atoms with Crippen LogP contribution in [0.5, 0.6) is 5.75 Å². The van der Waals surface area contributed by atoms with Crippen molar-refractivity contribution in [3.8, 4) is 28.6 Å². The van der Waals surface area contributed by atoms with Crippen molar-refractivity contribution >= 4 is 5.91 Å². The fourth-order valence-electron chi connectivity index (χ4n) is 4.13. The first-order chi connectivity index (χ1) is 18.2. The van der Waals surface area contributed by atoms with Crippen LogP contribution in [0.3, 0.4) is 0 Å². The Morgan fingerprint density at radius 3 is 2.50 bits per heavy atom. The van der Waals surface area contributed by atoms with Crippen LogP contribution >= 0.6 is 0 Å². The number of benzene rings is 2. The van der Waals surface area contributed by atoms with Crippen LogP contribution in [-0.4, -0.2) is 58.7 Å². The van der Waals surface area contributed by atoms with Gasteiger partial charge in [-0.3, -0.25) is 4.79 Å². The lowest BCUT2D eigenvalue weighted by atomic mass is 10.0. The van der Waals surface area contributed by atoms with Crippen molar-refractivity contribution in [2.45, 2.75) is 60.1 Å². The Bertz CT molecular complexity index is 1210. The van der Waals surface area contributed by atoms with Crippen LogP contribution in [0.15, 0.2) is 34.9 Å². The summed E-state index contributed by atoms with van der Waals surface area (Å²) < 4.78 is 11.6. The molecule has 0 aliphatic heterocycles. The van der Waals surface area contributed by atoms with Gasteiger partial charge in [0.1, 0.15) is 25.1 Å². The minimum absolute atomic E-state index is 0.00163. The number of hydrogen-bond donors (Lipinski definition) is 4. The van der Waals surface area contributed by atoms with Crippen molar-refractivity contribution in [2.75, 3.05) is 26.3 Å². The zero-order valence-electron chi connectivity index (χ0n) is 23.0. The molecule has 1 heterocycles. The van der Waals surface area contributed by atoms with Gasteiger partial charge in [-0.05, 0) is 78.7 Å². The molecule has 9 heteroatoms. The predicted molar refractivity (Wildman–Crippen MR) is 147 cm³/mol. The van der Waals surface area contributed by atoms with E-state index in [1.54, 1.807) is 0 Å². The fraction of sp³-hybridized carbons (Fsp3) is 0.483. The number of nitrogens with zero attached hydrogens (tertiary/aromatic N) is 2. The average Bonchev–Trinajstić information content (AvgIpc) is 3.40. The molecule has 4 N–H and O–H groups in total. The van der Waals surface area contributed by atoms with Gasteiger partial charge in [0.2, 0.25) is 11.7 Å². The fourth-order valence-corrected chi connectivity index (χ4v) is 4.13. The number of carbonyl (C=O) groups is 1. The van der Waals surface area contributed by atoms with Gasteiger partial charge in [-0.15, -0.1) is 0 Å². The highest BCUT2D eigenvalue weighted by Gasteiger charge is 2.17. The van der Waals surface area contributed by atoms with Gasteiger partial charge in [0.05, 0.1) is 0 Å². The Morgan fingerprint density at radius 1 is 1.05 bits per heavy atom. The first-order valence-corrected chi connectivity index (χ1v) is 13.2. The molecule has 0 aliphatic carbocycles. The third-order valence-electron chi connectivity index (χ3n) is 6.10. The third kappa shape index (κ3) is 8.11. The Hall–Kier alpha value is -3.27. The molecule has 0 saturated carbocycles. The number of aromatic nitrogens is 2. The van der Waals surface area contributed by atoms with Gasteiger partial charge < -0.3 is 30.1 Å². The Labute approximate surface area is 224 Å². The maximum absolute atomic E-state index is 11.2. The highest BCUT2D eigenvalue weighted by molar-refractivity contribution is 5.76. The molecule has 1 aromatic heterocycles. The SMILES string of the molecule is CCc1cc(CNCC(C)C)cc(-c2nc(-c3cc(C)c(OCC(O)CNC(=O)CO)c(CC)c3)no2)c1. The standard InChI is InChI=1S/C29H40N4O5/c1-6-20-9-21(14-30-13-18(3)4)11-24(10-20)29-32-28(33-38-29)23-8-19(5)27(22(7-2)12-23)37-17-25(35)15-31-26(36)16-34/h8-12,18,25,30,34-35H,6-7,13-17H2,1-5H3,(H,31,36). The lowest BCUT2D eigenvalue weighted by molar-refractivity contribution is -0.124. The number of aliphatic hydroxyl groups excluding tert-OH is 2. The predicted octanol–water partition coefficient (Wildman–Crippen LogP) is 3.43. The van der Waals surface area contributed by atoms with Crippen LogP contribution in [0, 0.1) is 12.8 Å². The molecule has 0 saturated heterocycles. The highest BCUT2D eigenvalue weighted by atomic mass is 16.5. The zero-order chi connectivity index (χ0) is 27.7. The van der Waals surface area contributed by atoms with E-state index in [-0.39, 0.29) is 13.2 Å². The summed E-state index contributed by atoms with van der Waals surface area (Å²) in [4.78, 5) is 15.9. The maximum atomic E-state index is 11.2. The van der Waals surface area contributed by atoms with Crippen molar-refractivity contribution in [2.24, 2.45) is 5.92 Å². The van der Waals surface area contributed by atoms with E-state index >= 15 is 0 Å². The smallest absolute Gasteiger partial charge is 0.258 e. The molecule has 0 aliphatic rings. The van der Waals surface area contributed by atoms with Crippen molar-refractivity contribution < 1.29 is 24.3 Å². The van der Waals surface area contributed by atoms with Crippen LogP contribution in [0.1, 0.15) is 49.9 Å². The van der Waals surface area contributed by atoms with Crippen LogP contribution in [0.4, 0.5) is 0 Å². The van der Waals surface area contributed by atoms with E-state index in [1.165, 1.54) is 11.1 Å². The second kappa shape index (κ2) is 14.0. The van der Waals surface area contributed by atoms with Gasteiger partial charge in [0, 0.05) is 24.2 Å². The van der Waals surface area contributed by atoms with Crippen LogP contribution in [-0.2, 0) is 24.2 Å². The van der Waals surface area contributed by atoms with E-state index < -0.39 is 18.6 Å². The number of hydrogen-bond acceptors (Lipinski definition) is 8.